The number of hydrogen-bond donors (Lipinski definition) is 2. The first-order valence-electron chi connectivity index (χ1n) is 9.57. The molecular weight excluding hydrogens is 448 g/mol. The van der Waals surface area contributed by atoms with Gasteiger partial charge in [0.15, 0.2) is 11.6 Å². The number of amides is 4. The average Bonchev–Trinajstić information content (AvgIpc) is 3.06. The van der Waals surface area contributed by atoms with Crippen molar-refractivity contribution in [3.8, 4) is 0 Å². The molecule has 1 fully saturated rings. The van der Waals surface area contributed by atoms with Crippen molar-refractivity contribution in [1.82, 2.24) is 10.2 Å². The SMILES string of the molecule is O=C1CCC(N2Cc3ccc(COC(=O)Nc4cc(F)c(F)c(Cl)c4)cc3C2=O)C(=O)N1. The molecule has 0 aromatic heterocycles. The first-order chi connectivity index (χ1) is 15.2. The molecule has 2 aromatic carbocycles. The summed E-state index contributed by atoms with van der Waals surface area (Å²) in [6.07, 6.45) is -0.508. The fourth-order valence-electron chi connectivity index (χ4n) is 3.62. The number of halogens is 3. The first kappa shape index (κ1) is 21.7. The molecule has 166 valence electrons. The Morgan fingerprint density at radius 3 is 2.72 bits per heavy atom. The second-order valence-corrected chi connectivity index (χ2v) is 7.75. The lowest BCUT2D eigenvalue weighted by Crippen LogP contribution is -2.52. The fraction of sp³-hybridized carbons (Fsp3) is 0.238. The lowest BCUT2D eigenvalue weighted by atomic mass is 10.0. The molecule has 8 nitrogen and oxygen atoms in total. The number of nitrogens with one attached hydrogen (secondary N) is 2. The van der Waals surface area contributed by atoms with E-state index in [1.165, 1.54) is 4.90 Å². The molecule has 1 atom stereocenters. The lowest BCUT2D eigenvalue weighted by molar-refractivity contribution is -0.136. The Labute approximate surface area is 185 Å². The predicted octanol–water partition coefficient (Wildman–Crippen LogP) is 3.13. The van der Waals surface area contributed by atoms with Crippen molar-refractivity contribution in [2.24, 2.45) is 0 Å². The molecular formula is C21H16ClF2N3O5. The third kappa shape index (κ3) is 4.26. The zero-order chi connectivity index (χ0) is 23.0. The largest absolute Gasteiger partial charge is 0.444 e. The number of hydrogen-bond acceptors (Lipinski definition) is 5. The van der Waals surface area contributed by atoms with Crippen molar-refractivity contribution in [3.05, 3.63) is 63.7 Å². The van der Waals surface area contributed by atoms with Gasteiger partial charge >= 0.3 is 6.09 Å². The summed E-state index contributed by atoms with van der Waals surface area (Å²) in [5.41, 5.74) is 1.52. The van der Waals surface area contributed by atoms with Crippen LogP contribution in [0.3, 0.4) is 0 Å². The molecule has 1 unspecified atom stereocenters. The van der Waals surface area contributed by atoms with Crippen molar-refractivity contribution in [2.45, 2.75) is 32.0 Å². The molecule has 2 heterocycles. The van der Waals surface area contributed by atoms with Gasteiger partial charge in [-0.15, -0.1) is 0 Å². The van der Waals surface area contributed by atoms with Gasteiger partial charge in [0.2, 0.25) is 11.8 Å². The second kappa shape index (κ2) is 8.54. The minimum Gasteiger partial charge on any atom is -0.444 e. The van der Waals surface area contributed by atoms with Crippen LogP contribution < -0.4 is 10.6 Å². The van der Waals surface area contributed by atoms with E-state index in [0.29, 0.717) is 16.7 Å². The van der Waals surface area contributed by atoms with Crippen molar-refractivity contribution in [2.75, 3.05) is 5.32 Å². The zero-order valence-corrected chi connectivity index (χ0v) is 17.2. The third-order valence-electron chi connectivity index (χ3n) is 5.19. The molecule has 2 aromatic rings. The molecule has 4 rings (SSSR count). The van der Waals surface area contributed by atoms with Gasteiger partial charge < -0.3 is 9.64 Å². The van der Waals surface area contributed by atoms with Crippen molar-refractivity contribution in [3.63, 3.8) is 0 Å². The molecule has 2 aliphatic rings. The van der Waals surface area contributed by atoms with Crippen LogP contribution in [-0.4, -0.2) is 34.8 Å². The Kier molecular flexibility index (Phi) is 5.79. The number of carbonyl (C=O) groups excluding carboxylic acids is 4. The van der Waals surface area contributed by atoms with Crippen LogP contribution in [0.5, 0.6) is 0 Å². The van der Waals surface area contributed by atoms with Crippen LogP contribution in [0.4, 0.5) is 19.3 Å². The highest BCUT2D eigenvalue weighted by Gasteiger charge is 2.39. The van der Waals surface area contributed by atoms with Crippen LogP contribution in [0.1, 0.15) is 34.3 Å². The molecule has 11 heteroatoms. The van der Waals surface area contributed by atoms with Gasteiger partial charge in [-0.3, -0.25) is 25.0 Å². The maximum atomic E-state index is 13.4. The molecule has 0 bridgehead atoms. The van der Waals surface area contributed by atoms with Crippen molar-refractivity contribution < 1.29 is 32.7 Å². The number of anilines is 1. The number of ether oxygens (including phenoxy) is 1. The summed E-state index contributed by atoms with van der Waals surface area (Å²) in [5.74, 6) is -3.65. The van der Waals surface area contributed by atoms with E-state index in [0.717, 1.165) is 12.1 Å². The number of carbonyl (C=O) groups is 4. The number of benzene rings is 2. The van der Waals surface area contributed by atoms with E-state index >= 15 is 0 Å². The number of fused-ring (bicyclic) bond motifs is 1. The van der Waals surface area contributed by atoms with E-state index < -0.39 is 34.7 Å². The minimum atomic E-state index is -1.22. The molecule has 0 aliphatic carbocycles. The lowest BCUT2D eigenvalue weighted by Gasteiger charge is -2.29. The van der Waals surface area contributed by atoms with Gasteiger partial charge in [-0.2, -0.15) is 0 Å². The molecule has 2 aliphatic heterocycles. The molecule has 1 saturated heterocycles. The number of piperidine rings is 1. The number of rotatable bonds is 4. The monoisotopic (exact) mass is 463 g/mol. The summed E-state index contributed by atoms with van der Waals surface area (Å²) >= 11 is 5.54. The normalized spacial score (nSPS) is 17.8. The van der Waals surface area contributed by atoms with E-state index in [1.54, 1.807) is 18.2 Å². The van der Waals surface area contributed by atoms with Gasteiger partial charge in [0.25, 0.3) is 5.91 Å². The van der Waals surface area contributed by atoms with Crippen LogP contribution in [0, 0.1) is 11.6 Å². The van der Waals surface area contributed by atoms with Crippen molar-refractivity contribution >= 4 is 41.1 Å². The second-order valence-electron chi connectivity index (χ2n) is 7.35. The van der Waals surface area contributed by atoms with Crippen LogP contribution in [0.25, 0.3) is 0 Å². The summed E-state index contributed by atoms with van der Waals surface area (Å²) in [6, 6.07) is 6.01. The van der Waals surface area contributed by atoms with E-state index in [4.69, 9.17) is 16.3 Å². The highest BCUT2D eigenvalue weighted by molar-refractivity contribution is 6.31. The van der Waals surface area contributed by atoms with Gasteiger partial charge in [-0.1, -0.05) is 23.7 Å². The highest BCUT2D eigenvalue weighted by atomic mass is 35.5. The highest BCUT2D eigenvalue weighted by Crippen LogP contribution is 2.28. The first-order valence-corrected chi connectivity index (χ1v) is 9.95. The van der Waals surface area contributed by atoms with Crippen LogP contribution in [-0.2, 0) is 27.5 Å². The third-order valence-corrected chi connectivity index (χ3v) is 5.47. The topological polar surface area (TPSA) is 105 Å². The van der Waals surface area contributed by atoms with Gasteiger partial charge in [-0.05, 0) is 29.7 Å². The van der Waals surface area contributed by atoms with E-state index in [2.05, 4.69) is 10.6 Å². The van der Waals surface area contributed by atoms with E-state index in [9.17, 15) is 28.0 Å². The van der Waals surface area contributed by atoms with Crippen LogP contribution in [0.15, 0.2) is 30.3 Å². The number of nitrogens with zero attached hydrogens (tertiary/aromatic N) is 1. The van der Waals surface area contributed by atoms with E-state index in [1.807, 2.05) is 0 Å². The Morgan fingerprint density at radius 2 is 2.00 bits per heavy atom. The van der Waals surface area contributed by atoms with Crippen LogP contribution >= 0.6 is 11.6 Å². The molecule has 0 radical (unpaired) electrons. The molecule has 32 heavy (non-hydrogen) atoms. The van der Waals surface area contributed by atoms with E-state index in [-0.39, 0.29) is 43.5 Å². The fourth-order valence-corrected chi connectivity index (χ4v) is 3.83. The summed E-state index contributed by atoms with van der Waals surface area (Å²) in [6.45, 7) is 0.0428. The Hall–Kier alpha value is -3.53. The summed E-state index contributed by atoms with van der Waals surface area (Å²) in [4.78, 5) is 49.6. The molecule has 0 spiro atoms. The van der Waals surface area contributed by atoms with Gasteiger partial charge in [0.05, 0.1) is 5.02 Å². The Morgan fingerprint density at radius 1 is 1.22 bits per heavy atom. The summed E-state index contributed by atoms with van der Waals surface area (Å²) in [5, 5.41) is 3.99. The van der Waals surface area contributed by atoms with Gasteiger partial charge in [0.1, 0.15) is 12.6 Å². The average molecular weight is 464 g/mol. The molecule has 4 amide bonds. The Balaban J connectivity index is 1.39. The molecule has 2 N–H and O–H groups in total. The quantitative estimate of drug-likeness (QED) is 0.535. The van der Waals surface area contributed by atoms with Gasteiger partial charge in [-0.25, -0.2) is 13.6 Å². The molecule has 0 saturated carbocycles. The van der Waals surface area contributed by atoms with Gasteiger partial charge in [0, 0.05) is 30.3 Å². The summed E-state index contributed by atoms with van der Waals surface area (Å²) < 4.78 is 31.7. The maximum absolute atomic E-state index is 13.4. The summed E-state index contributed by atoms with van der Waals surface area (Å²) in [7, 11) is 0. The maximum Gasteiger partial charge on any atom is 0.411 e. The zero-order valence-electron chi connectivity index (χ0n) is 16.4. The van der Waals surface area contributed by atoms with Crippen LogP contribution in [0.2, 0.25) is 5.02 Å². The standard InChI is InChI=1S/C21H16ClF2N3O5/c22-14-6-12(7-15(23)18(14)24)25-21(31)32-9-10-1-2-11-8-27(20(30)13(11)5-10)16-3-4-17(28)26-19(16)29/h1-2,5-7,16H,3-4,8-9H2,(H,25,31)(H,26,28,29). The number of imide groups is 1. The predicted molar refractivity (Wildman–Crippen MR) is 108 cm³/mol. The Bertz CT molecular complexity index is 1130. The minimum absolute atomic E-state index is 0.0806. The van der Waals surface area contributed by atoms with Crippen molar-refractivity contribution in [1.29, 1.82) is 0 Å². The smallest absolute Gasteiger partial charge is 0.411 e.